The first-order valence-corrected chi connectivity index (χ1v) is 15.1. The third-order valence-corrected chi connectivity index (χ3v) is 8.63. The number of hydrogen-bond donors (Lipinski definition) is 4. The molecule has 6 atom stereocenters. The Morgan fingerprint density at radius 2 is 2.02 bits per heavy atom. The number of carbonyl (C=O) groups is 1. The van der Waals surface area contributed by atoms with E-state index in [1.807, 2.05) is 0 Å². The van der Waals surface area contributed by atoms with Crippen molar-refractivity contribution in [3.63, 3.8) is 0 Å². The minimum atomic E-state index is -3.56. The van der Waals surface area contributed by atoms with Crippen molar-refractivity contribution in [2.75, 3.05) is 6.61 Å². The molecular formula is C25H31N4O9PS. The molecule has 4 rings (SSSR count). The Labute approximate surface area is 234 Å². The molecule has 15 heteroatoms. The maximum Gasteiger partial charge on any atom is 0.330 e. The summed E-state index contributed by atoms with van der Waals surface area (Å²) in [5.41, 5.74) is -2.75. The Kier molecular flexibility index (Phi) is 8.90. The normalized spacial score (nSPS) is 25.0. The summed E-state index contributed by atoms with van der Waals surface area (Å²) in [6, 6.07) is 8.90. The molecule has 2 aromatic heterocycles. The van der Waals surface area contributed by atoms with E-state index in [1.165, 1.54) is 6.92 Å². The number of aliphatic hydroxyl groups excluding tert-OH is 1. The highest BCUT2D eigenvalue weighted by Crippen LogP contribution is 2.48. The highest BCUT2D eigenvalue weighted by atomic mass is 32.5. The van der Waals surface area contributed by atoms with Crippen LogP contribution in [0.5, 0.6) is 5.75 Å². The van der Waals surface area contributed by atoms with E-state index in [-0.39, 0.29) is 12.7 Å². The number of ether oxygens (including phenoxy) is 2. The number of nitrogens with zero attached hydrogens (tertiary/aromatic N) is 2. The lowest BCUT2D eigenvalue weighted by Gasteiger charge is -2.29. The van der Waals surface area contributed by atoms with E-state index in [9.17, 15) is 24.6 Å². The molecular weight excluding hydrogens is 563 g/mol. The van der Waals surface area contributed by atoms with Gasteiger partial charge in [0, 0.05) is 23.8 Å². The Hall–Kier alpha value is -2.97. The summed E-state index contributed by atoms with van der Waals surface area (Å²) < 4.78 is 24.3. The van der Waals surface area contributed by atoms with E-state index in [4.69, 9.17) is 30.3 Å². The molecule has 6 unspecified atom stereocenters. The summed E-state index contributed by atoms with van der Waals surface area (Å²) in [5.74, 6) is -0.225. The summed E-state index contributed by atoms with van der Waals surface area (Å²) in [6.07, 6.45) is -1.62. The SMILES string of the molecule is CC(C)OC(=O)C(C)NP(=S)(OCC1OC(n2ccc(=O)[nH]c2=O)C(C)(O)C1O)Oc1cccc2ncccc12. The molecule has 0 bridgehead atoms. The number of fused-ring (bicyclic) bond motifs is 1. The molecule has 40 heavy (non-hydrogen) atoms. The summed E-state index contributed by atoms with van der Waals surface area (Å²) in [5, 5.41) is 25.5. The Balaban J connectivity index is 1.60. The molecule has 216 valence electrons. The number of rotatable bonds is 10. The number of carbonyl (C=O) groups excluding carboxylic acids is 1. The van der Waals surface area contributed by atoms with Crippen molar-refractivity contribution < 1.29 is 33.5 Å². The van der Waals surface area contributed by atoms with Gasteiger partial charge in [0.15, 0.2) is 6.23 Å². The van der Waals surface area contributed by atoms with Crippen LogP contribution in [0.15, 0.2) is 58.4 Å². The second kappa shape index (κ2) is 11.9. The van der Waals surface area contributed by atoms with E-state index in [2.05, 4.69) is 15.1 Å². The van der Waals surface area contributed by atoms with Gasteiger partial charge in [-0.05, 0) is 63.8 Å². The van der Waals surface area contributed by atoms with Gasteiger partial charge in [-0.3, -0.25) is 24.1 Å². The van der Waals surface area contributed by atoms with E-state index in [0.29, 0.717) is 16.7 Å². The van der Waals surface area contributed by atoms with Crippen LogP contribution in [-0.4, -0.2) is 67.3 Å². The van der Waals surface area contributed by atoms with Crippen LogP contribution in [-0.2, 0) is 30.6 Å². The smallest absolute Gasteiger partial charge is 0.330 e. The molecule has 0 amide bonds. The molecule has 1 saturated heterocycles. The van der Waals surface area contributed by atoms with Crippen molar-refractivity contribution in [1.29, 1.82) is 0 Å². The highest BCUT2D eigenvalue weighted by molar-refractivity contribution is 8.09. The number of nitrogens with one attached hydrogen (secondary N) is 2. The fourth-order valence-corrected chi connectivity index (χ4v) is 6.58. The average molecular weight is 595 g/mol. The fraction of sp³-hybridized carbons (Fsp3) is 0.440. The van der Waals surface area contributed by atoms with E-state index < -0.39 is 53.9 Å². The van der Waals surface area contributed by atoms with Crippen LogP contribution in [0.2, 0.25) is 0 Å². The van der Waals surface area contributed by atoms with E-state index in [0.717, 1.165) is 16.8 Å². The van der Waals surface area contributed by atoms with Crippen molar-refractivity contribution in [2.45, 2.75) is 63.9 Å². The van der Waals surface area contributed by atoms with Crippen LogP contribution in [0, 0.1) is 0 Å². The molecule has 3 heterocycles. The summed E-state index contributed by atoms with van der Waals surface area (Å²) in [6.45, 7) is 2.32. The molecule has 0 aliphatic carbocycles. The summed E-state index contributed by atoms with van der Waals surface area (Å²) in [4.78, 5) is 42.8. The van der Waals surface area contributed by atoms with Gasteiger partial charge in [-0.15, -0.1) is 0 Å². The zero-order chi connectivity index (χ0) is 29.2. The zero-order valence-electron chi connectivity index (χ0n) is 22.2. The molecule has 0 radical (unpaired) electrons. The van der Waals surface area contributed by atoms with Crippen LogP contribution in [0.25, 0.3) is 10.9 Å². The van der Waals surface area contributed by atoms with Crippen LogP contribution in [0.4, 0.5) is 0 Å². The van der Waals surface area contributed by atoms with Crippen molar-refractivity contribution in [3.05, 3.63) is 69.6 Å². The van der Waals surface area contributed by atoms with Gasteiger partial charge in [0.1, 0.15) is 29.6 Å². The van der Waals surface area contributed by atoms with Crippen LogP contribution < -0.4 is 20.9 Å². The molecule has 0 saturated carbocycles. The lowest BCUT2D eigenvalue weighted by atomic mass is 9.96. The summed E-state index contributed by atoms with van der Waals surface area (Å²) in [7, 11) is 0. The van der Waals surface area contributed by atoms with Crippen molar-refractivity contribution in [3.8, 4) is 5.75 Å². The molecule has 3 aromatic rings. The largest absolute Gasteiger partial charge is 0.462 e. The van der Waals surface area contributed by atoms with Gasteiger partial charge >= 0.3 is 18.3 Å². The van der Waals surface area contributed by atoms with Gasteiger partial charge in [-0.1, -0.05) is 6.07 Å². The number of esters is 1. The van der Waals surface area contributed by atoms with Gasteiger partial charge in [-0.2, -0.15) is 0 Å². The molecule has 1 aromatic carbocycles. The Bertz CT molecular complexity index is 1540. The minimum Gasteiger partial charge on any atom is -0.462 e. The zero-order valence-corrected chi connectivity index (χ0v) is 23.9. The predicted molar refractivity (Wildman–Crippen MR) is 148 cm³/mol. The fourth-order valence-electron chi connectivity index (χ4n) is 4.16. The lowest BCUT2D eigenvalue weighted by Crippen LogP contribution is -2.47. The summed E-state index contributed by atoms with van der Waals surface area (Å²) >= 11 is 5.78. The van der Waals surface area contributed by atoms with Crippen LogP contribution in [0.1, 0.15) is 33.9 Å². The molecule has 0 spiro atoms. The van der Waals surface area contributed by atoms with Gasteiger partial charge < -0.3 is 28.7 Å². The Morgan fingerprint density at radius 1 is 1.27 bits per heavy atom. The number of pyridine rings is 1. The van der Waals surface area contributed by atoms with Crippen LogP contribution >= 0.6 is 6.64 Å². The van der Waals surface area contributed by atoms with Crippen LogP contribution in [0.3, 0.4) is 0 Å². The average Bonchev–Trinajstić information content (AvgIpc) is 3.11. The van der Waals surface area contributed by atoms with Gasteiger partial charge in [-0.25, -0.2) is 9.88 Å². The number of hydrogen-bond acceptors (Lipinski definition) is 11. The number of aliphatic hydroxyl groups is 2. The van der Waals surface area contributed by atoms with Gasteiger partial charge in [0.2, 0.25) is 0 Å². The van der Waals surface area contributed by atoms with Crippen molar-refractivity contribution in [2.24, 2.45) is 0 Å². The van der Waals surface area contributed by atoms with E-state index >= 15 is 0 Å². The lowest BCUT2D eigenvalue weighted by molar-refractivity contribution is -0.149. The number of H-pyrrole nitrogens is 1. The molecule has 4 N–H and O–H groups in total. The first-order chi connectivity index (χ1) is 18.8. The molecule has 1 aliphatic rings. The number of aromatic nitrogens is 3. The second-order valence-electron chi connectivity index (χ2n) is 9.76. The quantitative estimate of drug-likeness (QED) is 0.196. The molecule has 13 nitrogen and oxygen atoms in total. The standard InChI is InChI=1S/C25H31N4O9PS/c1-14(2)36-22(32)15(3)28-39(40,38-18-9-5-8-17-16(18)7-6-11-26-17)35-13-19-21(31)25(4,34)23(37-19)29-12-10-20(30)27-24(29)33/h5-12,14-15,19,21,23,31,34H,13H2,1-4H3,(H,28,40)(H,27,30,33). The van der Waals surface area contributed by atoms with Gasteiger partial charge in [0.05, 0.1) is 18.2 Å². The maximum atomic E-state index is 12.6. The first kappa shape index (κ1) is 30.0. The number of aromatic amines is 1. The van der Waals surface area contributed by atoms with Crippen molar-refractivity contribution >= 4 is 35.3 Å². The minimum absolute atomic E-state index is 0.350. The second-order valence-corrected chi connectivity index (χ2v) is 12.9. The third-order valence-electron chi connectivity index (χ3n) is 6.15. The topological polar surface area (TPSA) is 174 Å². The maximum absolute atomic E-state index is 12.6. The van der Waals surface area contributed by atoms with Crippen molar-refractivity contribution in [1.82, 2.24) is 19.6 Å². The van der Waals surface area contributed by atoms with E-state index in [1.54, 1.807) is 57.3 Å². The van der Waals surface area contributed by atoms with Gasteiger partial charge in [0.25, 0.3) is 5.56 Å². The monoisotopic (exact) mass is 594 g/mol. The highest BCUT2D eigenvalue weighted by Gasteiger charge is 2.54. The third kappa shape index (κ3) is 6.50. The molecule has 1 fully saturated rings. The Morgan fingerprint density at radius 3 is 2.73 bits per heavy atom. The predicted octanol–water partition coefficient (Wildman–Crippen LogP) is 1.34. The number of benzene rings is 1. The first-order valence-electron chi connectivity index (χ1n) is 12.4. The molecule has 1 aliphatic heterocycles.